The van der Waals surface area contributed by atoms with Crippen molar-refractivity contribution >= 4 is 34.3 Å². The number of amides is 1. The first kappa shape index (κ1) is 26.3. The Labute approximate surface area is 210 Å². The molecule has 34 heavy (non-hydrogen) atoms. The van der Waals surface area contributed by atoms with E-state index >= 15 is 0 Å². The van der Waals surface area contributed by atoms with Gasteiger partial charge >= 0.3 is 0 Å². The molecule has 1 aliphatic carbocycles. The van der Waals surface area contributed by atoms with Gasteiger partial charge in [0.2, 0.25) is 0 Å². The van der Waals surface area contributed by atoms with Crippen LogP contribution in [-0.4, -0.2) is 35.1 Å². The third-order valence-corrected chi connectivity index (χ3v) is 8.25. The number of rotatable bonds is 12. The van der Waals surface area contributed by atoms with Gasteiger partial charge in [-0.1, -0.05) is 61.7 Å². The van der Waals surface area contributed by atoms with Crippen molar-refractivity contribution < 1.29 is 9.00 Å². The molecule has 1 atom stereocenters. The molecular formula is C27H35N3O2S2. The Balaban J connectivity index is 1.83. The topological polar surface area (TPSA) is 52.7 Å². The maximum Gasteiger partial charge on any atom is 0.258 e. The van der Waals surface area contributed by atoms with Gasteiger partial charge < -0.3 is 10.2 Å². The van der Waals surface area contributed by atoms with Gasteiger partial charge in [0.05, 0.1) is 15.5 Å². The van der Waals surface area contributed by atoms with E-state index in [1.54, 1.807) is 10.4 Å². The molecule has 2 aromatic rings. The fourth-order valence-electron chi connectivity index (χ4n) is 3.72. The summed E-state index contributed by atoms with van der Waals surface area (Å²) in [4.78, 5) is 17.2. The maximum atomic E-state index is 13.3. The van der Waals surface area contributed by atoms with Crippen molar-refractivity contribution in [2.45, 2.75) is 44.6 Å². The quantitative estimate of drug-likeness (QED) is 0.395. The summed E-state index contributed by atoms with van der Waals surface area (Å²) in [6, 6.07) is 15.5. The molecule has 0 aliphatic heterocycles. The van der Waals surface area contributed by atoms with E-state index in [4.69, 9.17) is 0 Å². The number of carbonyl (C=O) groups is 1. The molecule has 182 valence electrons. The highest BCUT2D eigenvalue weighted by Gasteiger charge is 2.26. The third-order valence-electron chi connectivity index (χ3n) is 5.76. The summed E-state index contributed by atoms with van der Waals surface area (Å²) in [6.07, 6.45) is 5.38. The van der Waals surface area contributed by atoms with Gasteiger partial charge in [-0.25, -0.2) is 8.51 Å². The van der Waals surface area contributed by atoms with Crippen LogP contribution in [0.2, 0.25) is 0 Å². The predicted molar refractivity (Wildman–Crippen MR) is 145 cm³/mol. The predicted octanol–water partition coefficient (Wildman–Crippen LogP) is 5.94. The molecule has 0 bridgehead atoms. The van der Waals surface area contributed by atoms with Crippen LogP contribution in [0.5, 0.6) is 0 Å². The SMILES string of the molecule is C=C(NC(=O)c1cc(S(=O)N(C)Cc2ccccc2)ccc1N(C)CC1CC1)S/C(=C\C)CC. The van der Waals surface area contributed by atoms with Crippen LogP contribution in [0.15, 0.2) is 76.0 Å². The molecule has 7 heteroatoms. The molecule has 1 aliphatic rings. The summed E-state index contributed by atoms with van der Waals surface area (Å²) in [5.74, 6) is 0.449. The van der Waals surface area contributed by atoms with E-state index in [-0.39, 0.29) is 5.91 Å². The van der Waals surface area contributed by atoms with Gasteiger partial charge in [-0.3, -0.25) is 4.79 Å². The minimum atomic E-state index is -1.40. The van der Waals surface area contributed by atoms with Crippen LogP contribution in [0.4, 0.5) is 5.69 Å². The van der Waals surface area contributed by atoms with Gasteiger partial charge in [-0.05, 0) is 60.8 Å². The van der Waals surface area contributed by atoms with Crippen LogP contribution in [-0.2, 0) is 17.5 Å². The average molecular weight is 498 g/mol. The first-order valence-electron chi connectivity index (χ1n) is 11.7. The number of hydrogen-bond acceptors (Lipinski definition) is 4. The zero-order valence-corrected chi connectivity index (χ0v) is 22.2. The number of allylic oxidation sites excluding steroid dienone is 2. The molecule has 3 rings (SSSR count). The fourth-order valence-corrected chi connectivity index (χ4v) is 5.47. The highest BCUT2D eigenvalue weighted by Crippen LogP contribution is 2.33. The lowest BCUT2D eigenvalue weighted by Crippen LogP contribution is -2.28. The van der Waals surface area contributed by atoms with Crippen LogP contribution in [0.3, 0.4) is 0 Å². The second-order valence-electron chi connectivity index (χ2n) is 8.61. The number of nitrogens with zero attached hydrogens (tertiary/aromatic N) is 2. The molecule has 1 amide bonds. The lowest BCUT2D eigenvalue weighted by Gasteiger charge is -2.24. The van der Waals surface area contributed by atoms with Crippen LogP contribution < -0.4 is 10.2 Å². The van der Waals surface area contributed by atoms with E-state index in [0.717, 1.165) is 29.1 Å². The van der Waals surface area contributed by atoms with Gasteiger partial charge in [0, 0.05) is 32.9 Å². The first-order valence-corrected chi connectivity index (χ1v) is 13.6. The van der Waals surface area contributed by atoms with E-state index in [9.17, 15) is 9.00 Å². The molecule has 2 aromatic carbocycles. The summed E-state index contributed by atoms with van der Waals surface area (Å²) in [5.41, 5.74) is 2.44. The fraction of sp³-hybridized carbons (Fsp3) is 0.370. The van der Waals surface area contributed by atoms with Crippen LogP contribution >= 0.6 is 11.8 Å². The van der Waals surface area contributed by atoms with Gasteiger partial charge in [0.15, 0.2) is 0 Å². The van der Waals surface area contributed by atoms with E-state index < -0.39 is 11.0 Å². The Hall–Kier alpha value is -2.35. The van der Waals surface area contributed by atoms with Gasteiger partial charge in [0.25, 0.3) is 5.91 Å². The van der Waals surface area contributed by atoms with Crippen LogP contribution in [0, 0.1) is 5.92 Å². The summed E-state index contributed by atoms with van der Waals surface area (Å²) < 4.78 is 15.1. The molecule has 1 N–H and O–H groups in total. The molecule has 5 nitrogen and oxygen atoms in total. The summed E-state index contributed by atoms with van der Waals surface area (Å²) >= 11 is 1.47. The number of hydrogen-bond donors (Lipinski definition) is 1. The minimum Gasteiger partial charge on any atom is -0.374 e. The molecule has 0 aromatic heterocycles. The molecule has 0 heterocycles. The molecule has 0 spiro atoms. The van der Waals surface area contributed by atoms with Crippen molar-refractivity contribution in [1.29, 1.82) is 0 Å². The molecular weight excluding hydrogens is 462 g/mol. The molecule has 1 unspecified atom stereocenters. The Kier molecular flexibility index (Phi) is 9.56. The lowest BCUT2D eigenvalue weighted by molar-refractivity contribution is 0.0969. The number of carbonyl (C=O) groups excluding carboxylic acids is 1. The van der Waals surface area contributed by atoms with Gasteiger partial charge in [-0.2, -0.15) is 0 Å². The Morgan fingerprint density at radius 1 is 1.21 bits per heavy atom. The second-order valence-corrected chi connectivity index (χ2v) is 11.4. The highest BCUT2D eigenvalue weighted by atomic mass is 32.2. The largest absolute Gasteiger partial charge is 0.374 e. The van der Waals surface area contributed by atoms with Crippen molar-refractivity contribution in [3.63, 3.8) is 0 Å². The van der Waals surface area contributed by atoms with Crippen molar-refractivity contribution in [1.82, 2.24) is 9.62 Å². The normalized spacial score (nSPS) is 14.7. The number of nitrogens with one attached hydrogen (secondary N) is 1. The Bertz CT molecular complexity index is 1060. The number of anilines is 1. The van der Waals surface area contributed by atoms with E-state index in [0.29, 0.717) is 28.0 Å². The minimum absolute atomic E-state index is 0.230. The number of thioether (sulfide) groups is 1. The Morgan fingerprint density at radius 2 is 1.91 bits per heavy atom. The first-order chi connectivity index (χ1) is 16.3. The monoisotopic (exact) mass is 497 g/mol. The third kappa shape index (κ3) is 7.32. The smallest absolute Gasteiger partial charge is 0.258 e. The lowest BCUT2D eigenvalue weighted by atomic mass is 10.1. The zero-order valence-electron chi connectivity index (χ0n) is 20.5. The molecule has 1 saturated carbocycles. The zero-order chi connectivity index (χ0) is 24.7. The summed E-state index contributed by atoms with van der Waals surface area (Å²) in [6.45, 7) is 9.55. The maximum absolute atomic E-state index is 13.3. The van der Waals surface area contributed by atoms with Crippen molar-refractivity contribution in [2.24, 2.45) is 5.92 Å². The van der Waals surface area contributed by atoms with Crippen LogP contribution in [0.1, 0.15) is 49.0 Å². The van der Waals surface area contributed by atoms with E-state index in [2.05, 4.69) is 23.7 Å². The molecule has 1 fully saturated rings. The Morgan fingerprint density at radius 3 is 2.53 bits per heavy atom. The van der Waals surface area contributed by atoms with Crippen molar-refractivity contribution in [3.8, 4) is 0 Å². The van der Waals surface area contributed by atoms with E-state index in [1.165, 1.54) is 24.6 Å². The highest BCUT2D eigenvalue weighted by molar-refractivity contribution is 8.06. The second kappa shape index (κ2) is 12.4. The average Bonchev–Trinajstić information content (AvgIpc) is 3.66. The summed E-state index contributed by atoms with van der Waals surface area (Å²) in [5, 5.41) is 3.53. The van der Waals surface area contributed by atoms with E-state index in [1.807, 2.05) is 69.6 Å². The van der Waals surface area contributed by atoms with Crippen molar-refractivity contribution in [2.75, 3.05) is 25.5 Å². The molecule has 0 radical (unpaired) electrons. The number of benzene rings is 2. The summed E-state index contributed by atoms with van der Waals surface area (Å²) in [7, 11) is 2.44. The van der Waals surface area contributed by atoms with Crippen molar-refractivity contribution in [3.05, 3.63) is 82.2 Å². The molecule has 0 saturated heterocycles. The van der Waals surface area contributed by atoms with Gasteiger partial charge in [-0.15, -0.1) is 0 Å². The standard InChI is InChI=1S/C27H35N3O2S2/c1-6-23(7-2)33-20(3)28-27(31)25-17-24(15-16-26(25)29(4)18-22-13-14-22)34(32)30(5)19-21-11-9-8-10-12-21/h6,8-12,15-17,22H,3,7,13-14,18-19H2,1-2,4-5H3,(H,28,31)/b23-6-. The van der Waals surface area contributed by atoms with Gasteiger partial charge in [0.1, 0.15) is 11.0 Å². The van der Waals surface area contributed by atoms with Crippen LogP contribution in [0.25, 0.3) is 0 Å².